The maximum Gasteiger partial charge on any atom is 0.300 e. The minimum Gasteiger partial charge on any atom is -0.367 e. The quantitative estimate of drug-likeness (QED) is 0.195. The van der Waals surface area contributed by atoms with Gasteiger partial charge in [-0.15, -0.1) is 0 Å². The van der Waals surface area contributed by atoms with Crippen molar-refractivity contribution in [2.24, 2.45) is 0 Å². The summed E-state index contributed by atoms with van der Waals surface area (Å²) in [7, 11) is -3.72. The lowest BCUT2D eigenvalue weighted by molar-refractivity contribution is -0.383. The van der Waals surface area contributed by atoms with Gasteiger partial charge in [-0.1, -0.05) is 6.07 Å². The highest BCUT2D eigenvalue weighted by Gasteiger charge is 2.30. The van der Waals surface area contributed by atoms with E-state index in [0.717, 1.165) is 5.56 Å². The molecule has 0 atom stereocenters. The standard InChI is InChI=1S/C23H22N8O5S2/c32-31(33)20-8-7-19(21-22(20)28-36-27-21)29-10-12-30(13-11-29)38(34,35)18-5-3-17(4-6-18)26-23(37)25-15-16-2-1-9-24-14-16/h1-9,14H,10-13,15H2,(H2,25,26,37). The fraction of sp³-hybridized carbons (Fsp3) is 0.217. The van der Waals surface area contributed by atoms with E-state index in [0.29, 0.717) is 36.1 Å². The summed E-state index contributed by atoms with van der Waals surface area (Å²) in [6.45, 7) is 1.71. The fourth-order valence-corrected chi connectivity index (χ4v) is 5.74. The van der Waals surface area contributed by atoms with Crippen LogP contribution in [-0.2, 0) is 16.6 Å². The molecule has 3 heterocycles. The molecule has 2 N–H and O–H groups in total. The summed E-state index contributed by atoms with van der Waals surface area (Å²) in [6.07, 6.45) is 3.44. The minimum atomic E-state index is -3.72. The number of sulfonamides is 1. The van der Waals surface area contributed by atoms with Crippen LogP contribution in [0.5, 0.6) is 0 Å². The van der Waals surface area contributed by atoms with Crippen LogP contribution in [0.25, 0.3) is 11.0 Å². The summed E-state index contributed by atoms with van der Waals surface area (Å²) in [5, 5.41) is 25.2. The number of nitro groups is 1. The SMILES string of the molecule is O=[N+]([O-])c1ccc(N2CCN(S(=O)(=O)c3ccc(NC(=S)NCc4cccnc4)cc3)CC2)c2nonc12. The van der Waals surface area contributed by atoms with E-state index >= 15 is 0 Å². The van der Waals surface area contributed by atoms with Crippen molar-refractivity contribution in [2.75, 3.05) is 36.4 Å². The van der Waals surface area contributed by atoms with Gasteiger partial charge >= 0.3 is 5.69 Å². The van der Waals surface area contributed by atoms with Crippen LogP contribution in [0.1, 0.15) is 5.56 Å². The van der Waals surface area contributed by atoms with Crippen LogP contribution in [0.3, 0.4) is 0 Å². The molecule has 15 heteroatoms. The van der Waals surface area contributed by atoms with Crippen LogP contribution in [0.15, 0.2) is 70.4 Å². The van der Waals surface area contributed by atoms with Crippen molar-refractivity contribution in [3.05, 3.63) is 76.6 Å². The van der Waals surface area contributed by atoms with E-state index in [1.807, 2.05) is 17.0 Å². The van der Waals surface area contributed by atoms with Gasteiger partial charge in [-0.3, -0.25) is 15.1 Å². The molecule has 38 heavy (non-hydrogen) atoms. The Bertz CT molecular complexity index is 1570. The van der Waals surface area contributed by atoms with Crippen molar-refractivity contribution >= 4 is 55.4 Å². The summed E-state index contributed by atoms with van der Waals surface area (Å²) in [5.41, 5.74) is 2.37. The monoisotopic (exact) mass is 554 g/mol. The lowest BCUT2D eigenvalue weighted by atomic mass is 10.2. The Labute approximate surface area is 222 Å². The van der Waals surface area contributed by atoms with Gasteiger partial charge in [-0.05, 0) is 64.5 Å². The molecular weight excluding hydrogens is 532 g/mol. The van der Waals surface area contributed by atoms with Crippen molar-refractivity contribution in [1.82, 2.24) is 24.9 Å². The third kappa shape index (κ3) is 5.25. The Kier molecular flexibility index (Phi) is 7.13. The first-order chi connectivity index (χ1) is 18.3. The lowest BCUT2D eigenvalue weighted by Gasteiger charge is -2.35. The molecule has 1 aliphatic heterocycles. The molecule has 0 radical (unpaired) electrons. The summed E-state index contributed by atoms with van der Waals surface area (Å²) in [6, 6.07) is 13.1. The van der Waals surface area contributed by atoms with E-state index in [9.17, 15) is 18.5 Å². The van der Waals surface area contributed by atoms with E-state index in [2.05, 4.69) is 25.9 Å². The highest BCUT2D eigenvalue weighted by molar-refractivity contribution is 7.89. The molecule has 196 valence electrons. The van der Waals surface area contributed by atoms with Crippen molar-refractivity contribution < 1.29 is 18.0 Å². The molecule has 1 aliphatic rings. The molecular formula is C23H22N8O5S2. The molecule has 5 rings (SSSR count). The van der Waals surface area contributed by atoms with Crippen LogP contribution in [0, 0.1) is 10.1 Å². The normalized spacial score (nSPS) is 14.4. The first kappa shape index (κ1) is 25.4. The van der Waals surface area contributed by atoms with Gasteiger partial charge in [0.25, 0.3) is 0 Å². The molecule has 0 saturated carbocycles. The molecule has 4 aromatic rings. The number of rotatable bonds is 7. The van der Waals surface area contributed by atoms with Gasteiger partial charge in [0, 0.05) is 56.9 Å². The van der Waals surface area contributed by atoms with Gasteiger partial charge in [-0.25, -0.2) is 13.0 Å². The van der Waals surface area contributed by atoms with Crippen LogP contribution in [0.2, 0.25) is 0 Å². The molecule has 13 nitrogen and oxygen atoms in total. The van der Waals surface area contributed by atoms with Gasteiger partial charge in [0.05, 0.1) is 15.5 Å². The van der Waals surface area contributed by atoms with Crippen LogP contribution >= 0.6 is 12.2 Å². The molecule has 0 unspecified atom stereocenters. The minimum absolute atomic E-state index is 0.0583. The van der Waals surface area contributed by atoms with Crippen LogP contribution in [0.4, 0.5) is 17.1 Å². The third-order valence-corrected chi connectivity index (χ3v) is 8.23. The second-order valence-corrected chi connectivity index (χ2v) is 10.8. The number of piperazine rings is 1. The summed E-state index contributed by atoms with van der Waals surface area (Å²) >= 11 is 5.32. The number of nitrogens with zero attached hydrogens (tertiary/aromatic N) is 6. The number of hydrogen-bond donors (Lipinski definition) is 2. The number of non-ortho nitro benzene ring substituents is 1. The molecule has 1 saturated heterocycles. The number of pyridine rings is 1. The lowest BCUT2D eigenvalue weighted by Crippen LogP contribution is -2.48. The summed E-state index contributed by atoms with van der Waals surface area (Å²) in [5.74, 6) is 0. The number of hydrogen-bond acceptors (Lipinski definition) is 10. The Morgan fingerprint density at radius 3 is 2.47 bits per heavy atom. The predicted molar refractivity (Wildman–Crippen MR) is 143 cm³/mol. The van der Waals surface area contributed by atoms with Gasteiger partial charge < -0.3 is 15.5 Å². The number of nitro benzene ring substituents is 1. The first-order valence-electron chi connectivity index (χ1n) is 11.5. The zero-order valence-electron chi connectivity index (χ0n) is 19.9. The maximum atomic E-state index is 13.2. The van der Waals surface area contributed by atoms with E-state index in [1.165, 1.54) is 22.5 Å². The molecule has 1 fully saturated rings. The number of benzene rings is 2. The number of aromatic nitrogens is 3. The zero-order chi connectivity index (χ0) is 26.7. The highest BCUT2D eigenvalue weighted by atomic mass is 32.2. The fourth-order valence-electron chi connectivity index (χ4n) is 4.13. The summed E-state index contributed by atoms with van der Waals surface area (Å²) in [4.78, 5) is 16.8. The Morgan fingerprint density at radius 2 is 1.79 bits per heavy atom. The molecule has 2 aromatic carbocycles. The molecule has 0 spiro atoms. The largest absolute Gasteiger partial charge is 0.367 e. The second-order valence-electron chi connectivity index (χ2n) is 8.41. The zero-order valence-corrected chi connectivity index (χ0v) is 21.5. The Morgan fingerprint density at radius 1 is 1.05 bits per heavy atom. The highest BCUT2D eigenvalue weighted by Crippen LogP contribution is 2.32. The first-order valence-corrected chi connectivity index (χ1v) is 13.4. The third-order valence-electron chi connectivity index (χ3n) is 6.07. The topological polar surface area (TPSA) is 160 Å². The molecule has 0 aliphatic carbocycles. The smallest absolute Gasteiger partial charge is 0.300 e. The Hall–Kier alpha value is -4.21. The number of fused-ring (bicyclic) bond motifs is 1. The van der Waals surface area contributed by atoms with Crippen molar-refractivity contribution in [1.29, 1.82) is 0 Å². The predicted octanol–water partition coefficient (Wildman–Crippen LogP) is 2.52. The van der Waals surface area contributed by atoms with E-state index in [-0.39, 0.29) is 34.7 Å². The van der Waals surface area contributed by atoms with Crippen molar-refractivity contribution in [2.45, 2.75) is 11.4 Å². The Balaban J connectivity index is 1.20. The van der Waals surface area contributed by atoms with Crippen molar-refractivity contribution in [3.8, 4) is 0 Å². The average molecular weight is 555 g/mol. The van der Waals surface area contributed by atoms with Gasteiger partial charge in [0.1, 0.15) is 0 Å². The van der Waals surface area contributed by atoms with Crippen LogP contribution < -0.4 is 15.5 Å². The number of nitrogens with one attached hydrogen (secondary N) is 2. The molecule has 0 bridgehead atoms. The van der Waals surface area contributed by atoms with Gasteiger partial charge in [0.15, 0.2) is 10.6 Å². The molecule has 2 aromatic heterocycles. The summed E-state index contributed by atoms with van der Waals surface area (Å²) < 4.78 is 32.6. The van der Waals surface area contributed by atoms with Crippen LogP contribution in [-0.4, -0.2) is 64.2 Å². The average Bonchev–Trinajstić information content (AvgIpc) is 3.42. The van der Waals surface area contributed by atoms with E-state index in [1.54, 1.807) is 30.6 Å². The van der Waals surface area contributed by atoms with E-state index < -0.39 is 14.9 Å². The van der Waals surface area contributed by atoms with Crippen molar-refractivity contribution in [3.63, 3.8) is 0 Å². The second kappa shape index (κ2) is 10.6. The number of thiocarbonyl (C=S) groups is 1. The van der Waals surface area contributed by atoms with E-state index in [4.69, 9.17) is 16.8 Å². The maximum absolute atomic E-state index is 13.2. The number of anilines is 2. The van der Waals surface area contributed by atoms with Gasteiger partial charge in [0.2, 0.25) is 15.5 Å². The molecule has 0 amide bonds. The van der Waals surface area contributed by atoms with Gasteiger partial charge in [-0.2, -0.15) is 4.31 Å².